The summed E-state index contributed by atoms with van der Waals surface area (Å²) in [5, 5.41) is 53.6. The summed E-state index contributed by atoms with van der Waals surface area (Å²) in [6.07, 6.45) is -0.593. The van der Waals surface area contributed by atoms with E-state index in [1.165, 1.54) is 0 Å². The number of rotatable bonds is 2. The van der Waals surface area contributed by atoms with E-state index in [0.717, 1.165) is 13.1 Å². The van der Waals surface area contributed by atoms with E-state index in [4.69, 9.17) is 59.3 Å². The van der Waals surface area contributed by atoms with E-state index < -0.39 is 23.9 Å². The van der Waals surface area contributed by atoms with Gasteiger partial charge in [-0.15, -0.1) is 0 Å². The van der Waals surface area contributed by atoms with Crippen molar-refractivity contribution in [1.82, 2.24) is 10.6 Å². The molecule has 0 aromatic heterocycles. The minimum Gasteiger partial charge on any atom is -0.473 e. The molecule has 2 fully saturated rings. The van der Waals surface area contributed by atoms with Crippen molar-refractivity contribution in [3.05, 3.63) is 0 Å². The molecule has 0 aromatic carbocycles. The molecule has 0 aromatic rings. The maximum atomic E-state index is 9.10. The fraction of sp³-hybridized carbons (Fsp3) is 0.714. The molecular formula is C14H26N2O12. The Morgan fingerprint density at radius 3 is 0.964 bits per heavy atom. The minimum atomic E-state index is -1.82. The largest absolute Gasteiger partial charge is 0.473 e. The predicted octanol–water partition coefficient (Wildman–Crippen LogP) is -3.76. The summed E-state index contributed by atoms with van der Waals surface area (Å²) in [7, 11) is 3.22. The highest BCUT2D eigenvalue weighted by atomic mass is 16.5. The number of hydrogen-bond acceptors (Lipinski definition) is 10. The van der Waals surface area contributed by atoms with Gasteiger partial charge in [0.25, 0.3) is 0 Å². The molecule has 0 unspecified atom stereocenters. The normalized spacial score (nSPS) is 25.0. The lowest BCUT2D eigenvalue weighted by molar-refractivity contribution is -0.159. The van der Waals surface area contributed by atoms with Gasteiger partial charge in [-0.1, -0.05) is 0 Å². The second kappa shape index (κ2) is 15.7. The van der Waals surface area contributed by atoms with Crippen molar-refractivity contribution in [3.8, 4) is 0 Å². The van der Waals surface area contributed by atoms with Gasteiger partial charge in [-0.2, -0.15) is 0 Å². The Balaban J connectivity index is 0. The van der Waals surface area contributed by atoms with Crippen LogP contribution in [0.2, 0.25) is 0 Å². The zero-order chi connectivity index (χ0) is 22.3. The Morgan fingerprint density at radius 1 is 0.643 bits per heavy atom. The number of ether oxygens (including phenoxy) is 2. The van der Waals surface area contributed by atoms with Gasteiger partial charge in [-0.05, 0) is 0 Å². The van der Waals surface area contributed by atoms with Gasteiger partial charge < -0.3 is 50.7 Å². The van der Waals surface area contributed by atoms with Crippen LogP contribution >= 0.6 is 0 Å². The summed E-state index contributed by atoms with van der Waals surface area (Å²) in [6.45, 7) is 2.88. The number of aliphatic hydroxyl groups excluding tert-OH is 2. The standard InChI is InChI=1S/2C5H11NO2.2C2H2O4/c2*1-8-5-3-6-2-4(5)7;2*3-1(4)2(5)6/h2*4-7H,2-3H2,1H3;2*(H,3,4)(H,5,6)/t2*4-,5-;;/m11../s1. The highest BCUT2D eigenvalue weighted by molar-refractivity contribution is 6.27. The number of methoxy groups -OCH3 is 2. The van der Waals surface area contributed by atoms with Crippen molar-refractivity contribution >= 4 is 23.9 Å². The summed E-state index contributed by atoms with van der Waals surface area (Å²) < 4.78 is 9.82. The van der Waals surface area contributed by atoms with Crippen LogP contribution in [0.15, 0.2) is 0 Å². The van der Waals surface area contributed by atoms with E-state index in [-0.39, 0.29) is 24.4 Å². The smallest absolute Gasteiger partial charge is 0.414 e. The van der Waals surface area contributed by atoms with Crippen LogP contribution in [0.25, 0.3) is 0 Å². The molecule has 0 spiro atoms. The van der Waals surface area contributed by atoms with Crippen molar-refractivity contribution in [1.29, 1.82) is 0 Å². The van der Waals surface area contributed by atoms with Gasteiger partial charge in [0.1, 0.15) is 0 Å². The minimum absolute atomic E-state index is 0.00926. The van der Waals surface area contributed by atoms with E-state index in [0.29, 0.717) is 13.1 Å². The third-order valence-corrected chi connectivity index (χ3v) is 3.23. The molecule has 2 heterocycles. The Morgan fingerprint density at radius 2 is 0.893 bits per heavy atom. The van der Waals surface area contributed by atoms with Crippen LogP contribution in [0.1, 0.15) is 0 Å². The Labute approximate surface area is 159 Å². The molecule has 2 aliphatic heterocycles. The molecule has 0 aliphatic carbocycles. The first-order valence-corrected chi connectivity index (χ1v) is 7.73. The van der Waals surface area contributed by atoms with Crippen LogP contribution < -0.4 is 10.6 Å². The number of carbonyl (C=O) groups is 4. The molecule has 0 radical (unpaired) electrons. The number of carboxylic acid groups (broad SMARTS) is 4. The van der Waals surface area contributed by atoms with Gasteiger partial charge in [-0.25, -0.2) is 19.2 Å². The Bertz CT molecular complexity index is 433. The van der Waals surface area contributed by atoms with E-state index in [9.17, 15) is 0 Å². The van der Waals surface area contributed by atoms with Crippen molar-refractivity contribution in [2.75, 3.05) is 40.4 Å². The monoisotopic (exact) mass is 414 g/mol. The first-order chi connectivity index (χ1) is 13.0. The number of nitrogens with one attached hydrogen (secondary N) is 2. The highest BCUT2D eigenvalue weighted by Gasteiger charge is 2.24. The van der Waals surface area contributed by atoms with E-state index in [2.05, 4.69) is 10.6 Å². The topological polar surface area (TPSA) is 232 Å². The molecule has 28 heavy (non-hydrogen) atoms. The molecule has 14 nitrogen and oxygen atoms in total. The van der Waals surface area contributed by atoms with Crippen LogP contribution in [0.3, 0.4) is 0 Å². The Hall–Kier alpha value is -2.36. The molecule has 0 bridgehead atoms. The SMILES string of the molecule is CO[C@@H]1CNC[C@H]1O.CO[C@@H]1CNC[C@H]1O.O=C(O)C(=O)O.O=C(O)C(=O)O. The molecule has 14 heteroatoms. The second-order valence-corrected chi connectivity index (χ2v) is 5.22. The van der Waals surface area contributed by atoms with E-state index >= 15 is 0 Å². The van der Waals surface area contributed by atoms with Gasteiger partial charge in [0.05, 0.1) is 24.4 Å². The van der Waals surface area contributed by atoms with Crippen molar-refractivity contribution in [2.45, 2.75) is 24.4 Å². The van der Waals surface area contributed by atoms with Gasteiger partial charge in [-0.3, -0.25) is 0 Å². The number of aliphatic hydroxyl groups is 2. The van der Waals surface area contributed by atoms with E-state index in [1.54, 1.807) is 14.2 Å². The Kier molecular flexibility index (Phi) is 15.6. The van der Waals surface area contributed by atoms with Gasteiger partial charge in [0.2, 0.25) is 0 Å². The summed E-state index contributed by atoms with van der Waals surface area (Å²) in [5.74, 6) is -7.30. The van der Waals surface area contributed by atoms with Crippen LogP contribution in [0.5, 0.6) is 0 Å². The van der Waals surface area contributed by atoms with Crippen molar-refractivity contribution in [2.24, 2.45) is 0 Å². The molecule has 0 saturated carbocycles. The average molecular weight is 414 g/mol. The number of β-amino-alcohol motifs (C(OH)–C–C–N with tert-alkyl or cyclic N) is 2. The maximum Gasteiger partial charge on any atom is 0.414 e. The fourth-order valence-corrected chi connectivity index (χ4v) is 1.76. The molecule has 2 rings (SSSR count). The third kappa shape index (κ3) is 13.8. The van der Waals surface area contributed by atoms with E-state index in [1.807, 2.05) is 0 Å². The molecule has 0 amide bonds. The van der Waals surface area contributed by atoms with Crippen LogP contribution in [0, 0.1) is 0 Å². The summed E-state index contributed by atoms with van der Waals surface area (Å²) >= 11 is 0. The molecular weight excluding hydrogens is 388 g/mol. The lowest BCUT2D eigenvalue weighted by Gasteiger charge is -2.08. The van der Waals surface area contributed by atoms with Crippen LogP contribution in [-0.4, -0.2) is 119 Å². The average Bonchev–Trinajstić information content (AvgIpc) is 3.23. The number of hydrogen-bond donors (Lipinski definition) is 8. The zero-order valence-electron chi connectivity index (χ0n) is 15.3. The summed E-state index contributed by atoms with van der Waals surface area (Å²) in [5.41, 5.74) is 0. The van der Waals surface area contributed by atoms with Crippen LogP contribution in [0.4, 0.5) is 0 Å². The van der Waals surface area contributed by atoms with Crippen molar-refractivity contribution < 1.29 is 59.3 Å². The highest BCUT2D eigenvalue weighted by Crippen LogP contribution is 2.02. The van der Waals surface area contributed by atoms with Gasteiger partial charge >= 0.3 is 23.9 Å². The lowest BCUT2D eigenvalue weighted by Crippen LogP contribution is -2.25. The maximum absolute atomic E-state index is 9.10. The zero-order valence-corrected chi connectivity index (χ0v) is 15.3. The fourth-order valence-electron chi connectivity index (χ4n) is 1.76. The first-order valence-electron chi connectivity index (χ1n) is 7.73. The number of aliphatic carboxylic acids is 4. The lowest BCUT2D eigenvalue weighted by atomic mass is 10.3. The molecule has 164 valence electrons. The molecule has 2 saturated heterocycles. The molecule has 4 atom stereocenters. The van der Waals surface area contributed by atoms with Gasteiger partial charge in [0.15, 0.2) is 0 Å². The summed E-state index contributed by atoms with van der Waals surface area (Å²) in [6, 6.07) is 0. The summed E-state index contributed by atoms with van der Waals surface area (Å²) in [4.78, 5) is 36.4. The molecule has 8 N–H and O–H groups in total. The first kappa shape index (κ1) is 27.9. The quantitative estimate of drug-likeness (QED) is 0.203. The predicted molar refractivity (Wildman–Crippen MR) is 89.9 cm³/mol. The second-order valence-electron chi connectivity index (χ2n) is 5.22. The third-order valence-electron chi connectivity index (χ3n) is 3.23. The van der Waals surface area contributed by atoms with Crippen molar-refractivity contribution in [3.63, 3.8) is 0 Å². The van der Waals surface area contributed by atoms with Gasteiger partial charge in [0, 0.05) is 40.4 Å². The number of carboxylic acids is 4. The van der Waals surface area contributed by atoms with Crippen LogP contribution in [-0.2, 0) is 28.7 Å². The molecule has 2 aliphatic rings.